The van der Waals surface area contributed by atoms with E-state index in [1.54, 1.807) is 6.92 Å². The van der Waals surface area contributed by atoms with Crippen LogP contribution in [0.25, 0.3) is 0 Å². The molecule has 0 fully saturated rings. The molecule has 2 aromatic rings. The quantitative estimate of drug-likeness (QED) is 0.715. The van der Waals surface area contributed by atoms with Gasteiger partial charge in [0.2, 0.25) is 0 Å². The molecule has 0 aliphatic carbocycles. The summed E-state index contributed by atoms with van der Waals surface area (Å²) in [5.41, 5.74) is 3.41. The molecule has 2 rings (SSSR count). The first kappa shape index (κ1) is 19.8. The van der Waals surface area contributed by atoms with Gasteiger partial charge in [0, 0.05) is 0 Å². The third kappa shape index (κ3) is 5.80. The topological polar surface area (TPSA) is 47.6 Å². The third-order valence-electron chi connectivity index (χ3n) is 4.16. The number of rotatable bonds is 8. The summed E-state index contributed by atoms with van der Waals surface area (Å²) in [7, 11) is 0. The molecule has 0 radical (unpaired) electrons. The van der Waals surface area contributed by atoms with E-state index in [2.05, 4.69) is 31.3 Å². The van der Waals surface area contributed by atoms with Gasteiger partial charge in [0.1, 0.15) is 18.1 Å². The van der Waals surface area contributed by atoms with Crippen molar-refractivity contribution < 1.29 is 14.3 Å². The Morgan fingerprint density at radius 2 is 1.65 bits per heavy atom. The summed E-state index contributed by atoms with van der Waals surface area (Å²) in [5, 5.41) is 2.86. The first-order chi connectivity index (χ1) is 12.4. The van der Waals surface area contributed by atoms with Crippen molar-refractivity contribution in [2.75, 3.05) is 13.2 Å². The zero-order valence-electron chi connectivity index (χ0n) is 16.3. The lowest BCUT2D eigenvalue weighted by Gasteiger charge is -2.19. The van der Waals surface area contributed by atoms with Crippen molar-refractivity contribution in [1.82, 2.24) is 5.32 Å². The molecule has 4 nitrogen and oxygen atoms in total. The fourth-order valence-electron chi connectivity index (χ4n) is 2.59. The van der Waals surface area contributed by atoms with Crippen molar-refractivity contribution in [3.8, 4) is 11.5 Å². The summed E-state index contributed by atoms with van der Waals surface area (Å²) in [6.07, 6.45) is -0.561. The Kier molecular flexibility index (Phi) is 7.07. The van der Waals surface area contributed by atoms with Crippen LogP contribution in [0.15, 0.2) is 42.5 Å². The summed E-state index contributed by atoms with van der Waals surface area (Å²) in [5.74, 6) is 1.77. The van der Waals surface area contributed by atoms with E-state index in [-0.39, 0.29) is 5.91 Å². The molecule has 0 aliphatic heterocycles. The minimum absolute atomic E-state index is 0.145. The normalized spacial score (nSPS) is 11.9. The van der Waals surface area contributed by atoms with Crippen molar-refractivity contribution in [1.29, 1.82) is 0 Å². The molecule has 0 saturated carbocycles. The Labute approximate surface area is 156 Å². The van der Waals surface area contributed by atoms with Crippen LogP contribution >= 0.6 is 0 Å². The van der Waals surface area contributed by atoms with Crippen molar-refractivity contribution in [2.45, 2.75) is 46.6 Å². The zero-order chi connectivity index (χ0) is 19.1. The number of hydrogen-bond acceptors (Lipinski definition) is 3. The standard InChI is InChI=1S/C22H29NO3/c1-15(2)20-11-8-17(4)14-21(20)26-18(5)22(24)23-12-13-25-19-9-6-16(3)7-10-19/h6-11,14-15,18H,12-13H2,1-5H3,(H,23,24). The van der Waals surface area contributed by atoms with Gasteiger partial charge >= 0.3 is 0 Å². The van der Waals surface area contributed by atoms with Gasteiger partial charge < -0.3 is 14.8 Å². The van der Waals surface area contributed by atoms with E-state index < -0.39 is 6.10 Å². The average Bonchev–Trinajstić information content (AvgIpc) is 2.59. The molecule has 0 aliphatic rings. The second kappa shape index (κ2) is 9.27. The van der Waals surface area contributed by atoms with Crippen LogP contribution in [0.2, 0.25) is 0 Å². The van der Waals surface area contributed by atoms with E-state index in [1.165, 1.54) is 5.56 Å². The molecule has 1 N–H and O–H groups in total. The van der Waals surface area contributed by atoms with Crippen LogP contribution in [0.3, 0.4) is 0 Å². The van der Waals surface area contributed by atoms with Crippen molar-refractivity contribution in [2.24, 2.45) is 0 Å². The molecule has 2 aromatic carbocycles. The molecule has 1 amide bonds. The highest BCUT2D eigenvalue weighted by molar-refractivity contribution is 5.80. The van der Waals surface area contributed by atoms with Crippen molar-refractivity contribution in [3.63, 3.8) is 0 Å². The van der Waals surface area contributed by atoms with E-state index in [9.17, 15) is 4.79 Å². The second-order valence-corrected chi connectivity index (χ2v) is 6.91. The Bertz CT molecular complexity index is 723. The molecule has 140 valence electrons. The lowest BCUT2D eigenvalue weighted by atomic mass is 10.0. The third-order valence-corrected chi connectivity index (χ3v) is 4.16. The smallest absolute Gasteiger partial charge is 0.260 e. The molecule has 26 heavy (non-hydrogen) atoms. The fourth-order valence-corrected chi connectivity index (χ4v) is 2.59. The lowest BCUT2D eigenvalue weighted by molar-refractivity contribution is -0.127. The zero-order valence-corrected chi connectivity index (χ0v) is 16.3. The number of carbonyl (C=O) groups is 1. The SMILES string of the molecule is Cc1ccc(OCCNC(=O)C(C)Oc2cc(C)ccc2C(C)C)cc1. The molecule has 4 heteroatoms. The van der Waals surface area contributed by atoms with Crippen LogP contribution in [-0.2, 0) is 4.79 Å². The summed E-state index contributed by atoms with van der Waals surface area (Å²) in [6.45, 7) is 10.9. The van der Waals surface area contributed by atoms with Crippen LogP contribution in [0.4, 0.5) is 0 Å². The first-order valence-electron chi connectivity index (χ1n) is 9.11. The maximum absolute atomic E-state index is 12.3. The van der Waals surface area contributed by atoms with E-state index in [4.69, 9.17) is 9.47 Å². The van der Waals surface area contributed by atoms with E-state index in [0.29, 0.717) is 19.1 Å². The lowest BCUT2D eigenvalue weighted by Crippen LogP contribution is -2.38. The second-order valence-electron chi connectivity index (χ2n) is 6.91. The van der Waals surface area contributed by atoms with Crippen molar-refractivity contribution >= 4 is 5.91 Å². The summed E-state index contributed by atoms with van der Waals surface area (Å²) < 4.78 is 11.5. The maximum atomic E-state index is 12.3. The van der Waals surface area contributed by atoms with Gasteiger partial charge in [-0.25, -0.2) is 0 Å². The molecular formula is C22H29NO3. The molecule has 0 heterocycles. The number of carbonyl (C=O) groups excluding carboxylic acids is 1. The summed E-state index contributed by atoms with van der Waals surface area (Å²) in [4.78, 5) is 12.3. The highest BCUT2D eigenvalue weighted by Crippen LogP contribution is 2.28. The molecular weight excluding hydrogens is 326 g/mol. The van der Waals surface area contributed by atoms with Gasteiger partial charge in [0.15, 0.2) is 6.10 Å². The Balaban J connectivity index is 1.82. The Morgan fingerprint density at radius 1 is 1.00 bits per heavy atom. The van der Waals surface area contributed by atoms with E-state index >= 15 is 0 Å². The van der Waals surface area contributed by atoms with Gasteiger partial charge in [-0.15, -0.1) is 0 Å². The van der Waals surface area contributed by atoms with Gasteiger partial charge in [-0.3, -0.25) is 4.79 Å². The van der Waals surface area contributed by atoms with Crippen LogP contribution in [-0.4, -0.2) is 25.2 Å². The molecule has 1 unspecified atom stereocenters. The number of aryl methyl sites for hydroxylation is 2. The average molecular weight is 355 g/mol. The number of benzene rings is 2. The Hall–Kier alpha value is -2.49. The van der Waals surface area contributed by atoms with E-state index in [1.807, 2.05) is 44.2 Å². The molecule has 0 aromatic heterocycles. The molecule has 0 spiro atoms. The van der Waals surface area contributed by atoms with E-state index in [0.717, 1.165) is 22.6 Å². The van der Waals surface area contributed by atoms with Gasteiger partial charge in [-0.2, -0.15) is 0 Å². The highest BCUT2D eigenvalue weighted by atomic mass is 16.5. The fraction of sp³-hybridized carbons (Fsp3) is 0.409. The van der Waals surface area contributed by atoms with Crippen LogP contribution < -0.4 is 14.8 Å². The predicted octanol–water partition coefficient (Wildman–Crippen LogP) is 4.39. The van der Waals surface area contributed by atoms with Gasteiger partial charge in [-0.05, 0) is 56.0 Å². The van der Waals surface area contributed by atoms with Gasteiger partial charge in [0.25, 0.3) is 5.91 Å². The minimum atomic E-state index is -0.561. The molecule has 0 bridgehead atoms. The number of amides is 1. The number of ether oxygens (including phenoxy) is 2. The number of nitrogens with one attached hydrogen (secondary N) is 1. The van der Waals surface area contributed by atoms with Gasteiger partial charge in [-0.1, -0.05) is 43.7 Å². The van der Waals surface area contributed by atoms with Crippen LogP contribution in [0.1, 0.15) is 43.4 Å². The predicted molar refractivity (Wildman–Crippen MR) is 105 cm³/mol. The van der Waals surface area contributed by atoms with Crippen LogP contribution in [0.5, 0.6) is 11.5 Å². The highest BCUT2D eigenvalue weighted by Gasteiger charge is 2.17. The molecule has 1 atom stereocenters. The van der Waals surface area contributed by atoms with Gasteiger partial charge in [0.05, 0.1) is 6.54 Å². The minimum Gasteiger partial charge on any atom is -0.492 e. The first-order valence-corrected chi connectivity index (χ1v) is 9.11. The molecule has 0 saturated heterocycles. The number of hydrogen-bond donors (Lipinski definition) is 1. The van der Waals surface area contributed by atoms with Crippen molar-refractivity contribution in [3.05, 3.63) is 59.2 Å². The monoisotopic (exact) mass is 355 g/mol. The van der Waals surface area contributed by atoms with Crippen LogP contribution in [0, 0.1) is 13.8 Å². The summed E-state index contributed by atoms with van der Waals surface area (Å²) >= 11 is 0. The maximum Gasteiger partial charge on any atom is 0.260 e. The largest absolute Gasteiger partial charge is 0.492 e. The Morgan fingerprint density at radius 3 is 2.31 bits per heavy atom. The summed E-state index contributed by atoms with van der Waals surface area (Å²) in [6, 6.07) is 14.0.